The van der Waals surface area contributed by atoms with Crippen LogP contribution < -0.4 is 5.32 Å². The number of allylic oxidation sites excluding steroid dienone is 12. The number of aliphatic hydroxyl groups is 5. The Balaban J connectivity index is 2.37. The second kappa shape index (κ2) is 38.8. The zero-order valence-corrected chi connectivity index (χ0v) is 36.5. The first kappa shape index (κ1) is 53.6. The lowest BCUT2D eigenvalue weighted by molar-refractivity contribution is -0.302. The first-order valence-electron chi connectivity index (χ1n) is 23.1. The highest BCUT2D eigenvalue weighted by atomic mass is 16.7. The summed E-state index contributed by atoms with van der Waals surface area (Å²) in [5, 5.41) is 54.3. The molecule has 0 aliphatic carbocycles. The molecule has 1 saturated heterocycles. The monoisotopic (exact) mass is 816 g/mol. The van der Waals surface area contributed by atoms with Gasteiger partial charge in [0.1, 0.15) is 24.4 Å². The zero-order valence-electron chi connectivity index (χ0n) is 36.5. The van der Waals surface area contributed by atoms with Gasteiger partial charge in [-0.25, -0.2) is 0 Å². The molecular weight excluding hydrogens is 731 g/mol. The maximum Gasteiger partial charge on any atom is 0.220 e. The van der Waals surface area contributed by atoms with Crippen LogP contribution in [0.25, 0.3) is 0 Å². The van der Waals surface area contributed by atoms with Crippen molar-refractivity contribution in [1.29, 1.82) is 0 Å². The van der Waals surface area contributed by atoms with Crippen LogP contribution in [0.1, 0.15) is 174 Å². The van der Waals surface area contributed by atoms with Crippen molar-refractivity contribution in [3.8, 4) is 0 Å². The van der Waals surface area contributed by atoms with Crippen LogP contribution in [0, 0.1) is 0 Å². The molecule has 0 aromatic heterocycles. The van der Waals surface area contributed by atoms with E-state index in [0.29, 0.717) is 19.3 Å². The van der Waals surface area contributed by atoms with Crippen molar-refractivity contribution in [1.82, 2.24) is 5.32 Å². The van der Waals surface area contributed by atoms with Gasteiger partial charge in [0.15, 0.2) is 6.29 Å². The van der Waals surface area contributed by atoms with Gasteiger partial charge in [0.25, 0.3) is 0 Å². The fraction of sp³-hybridized carbons (Fsp3) is 0.735. The summed E-state index contributed by atoms with van der Waals surface area (Å²) in [6, 6.07) is -0.745. The molecular formula is C49H85NO8. The molecule has 1 amide bonds. The third-order valence-electron chi connectivity index (χ3n) is 10.6. The van der Waals surface area contributed by atoms with Crippen molar-refractivity contribution in [2.75, 3.05) is 13.2 Å². The molecule has 334 valence electrons. The number of hydrogen-bond donors (Lipinski definition) is 6. The lowest BCUT2D eigenvalue weighted by Gasteiger charge is -2.40. The predicted octanol–water partition coefficient (Wildman–Crippen LogP) is 9.78. The standard InChI is InChI=1S/C49H85NO8/c1-3-5-7-9-11-13-15-17-19-20-21-22-23-24-25-27-29-31-33-35-37-39-45(53)50-42(41-57-49-48(56)47(55)46(54)44(40-51)58-49)43(52)38-36-34-32-30-28-26-18-16-14-12-10-8-6-4-2/h5,7,11,13,17,19,21-22,24-25,29,31,42-44,46-49,51-52,54-56H,3-4,6,8-10,12,14-16,18,20,23,26-28,30,32-41H2,1-2H3,(H,50,53)/b7-5-,13-11-,19-17-,22-21-,25-24-,31-29-. The molecule has 0 bridgehead atoms. The largest absolute Gasteiger partial charge is 0.394 e. The third-order valence-corrected chi connectivity index (χ3v) is 10.6. The lowest BCUT2D eigenvalue weighted by Crippen LogP contribution is -2.60. The molecule has 7 atom stereocenters. The maximum absolute atomic E-state index is 13.0. The molecule has 1 fully saturated rings. The van der Waals surface area contributed by atoms with Crippen LogP contribution >= 0.6 is 0 Å². The highest BCUT2D eigenvalue weighted by molar-refractivity contribution is 5.76. The molecule has 9 nitrogen and oxygen atoms in total. The smallest absolute Gasteiger partial charge is 0.220 e. The van der Waals surface area contributed by atoms with Gasteiger partial charge >= 0.3 is 0 Å². The molecule has 1 rings (SSSR count). The molecule has 0 spiro atoms. The van der Waals surface area contributed by atoms with E-state index in [2.05, 4.69) is 92.1 Å². The fourth-order valence-corrected chi connectivity index (χ4v) is 6.87. The van der Waals surface area contributed by atoms with Gasteiger partial charge in [-0.15, -0.1) is 0 Å². The first-order valence-corrected chi connectivity index (χ1v) is 23.1. The van der Waals surface area contributed by atoms with E-state index >= 15 is 0 Å². The highest BCUT2D eigenvalue weighted by Crippen LogP contribution is 2.23. The normalized spacial score (nSPS) is 21.5. The molecule has 0 radical (unpaired) electrons. The topological polar surface area (TPSA) is 149 Å². The van der Waals surface area contributed by atoms with Gasteiger partial charge in [-0.3, -0.25) is 4.79 Å². The van der Waals surface area contributed by atoms with Gasteiger partial charge in [0.2, 0.25) is 5.91 Å². The summed E-state index contributed by atoms with van der Waals surface area (Å²) in [7, 11) is 0. The van der Waals surface area contributed by atoms with Gasteiger partial charge in [-0.1, -0.05) is 177 Å². The molecule has 0 aromatic rings. The summed E-state index contributed by atoms with van der Waals surface area (Å²) in [5.41, 5.74) is 0. The predicted molar refractivity (Wildman–Crippen MR) is 239 cm³/mol. The summed E-state index contributed by atoms with van der Waals surface area (Å²) >= 11 is 0. The Bertz CT molecular complexity index is 1130. The van der Waals surface area contributed by atoms with E-state index in [1.54, 1.807) is 0 Å². The van der Waals surface area contributed by atoms with Crippen LogP contribution in [0.4, 0.5) is 0 Å². The number of unbranched alkanes of at least 4 members (excludes halogenated alkanes) is 15. The lowest BCUT2D eigenvalue weighted by atomic mass is 9.99. The van der Waals surface area contributed by atoms with Crippen molar-refractivity contribution < 1.29 is 39.8 Å². The van der Waals surface area contributed by atoms with Gasteiger partial charge in [0, 0.05) is 6.42 Å². The van der Waals surface area contributed by atoms with Crippen LogP contribution in [0.15, 0.2) is 72.9 Å². The molecule has 1 aliphatic rings. The summed E-state index contributed by atoms with van der Waals surface area (Å²) in [6.45, 7) is 3.68. The Hall–Kier alpha value is -2.37. The van der Waals surface area contributed by atoms with Crippen molar-refractivity contribution in [2.45, 2.75) is 217 Å². The van der Waals surface area contributed by atoms with Crippen LogP contribution in [-0.2, 0) is 14.3 Å². The molecule has 1 aliphatic heterocycles. The number of carbonyl (C=O) groups is 1. The van der Waals surface area contributed by atoms with Gasteiger partial charge < -0.3 is 40.3 Å². The number of hydrogen-bond acceptors (Lipinski definition) is 8. The van der Waals surface area contributed by atoms with E-state index in [1.807, 2.05) is 0 Å². The summed E-state index contributed by atoms with van der Waals surface area (Å²) in [4.78, 5) is 13.0. The third kappa shape index (κ3) is 29.0. The zero-order chi connectivity index (χ0) is 42.3. The Morgan fingerprint density at radius 1 is 0.603 bits per heavy atom. The van der Waals surface area contributed by atoms with E-state index in [0.717, 1.165) is 70.6 Å². The first-order chi connectivity index (χ1) is 28.3. The Labute approximate surface area is 353 Å². The minimum Gasteiger partial charge on any atom is -0.394 e. The van der Waals surface area contributed by atoms with E-state index in [1.165, 1.54) is 70.6 Å². The molecule has 0 saturated carbocycles. The maximum atomic E-state index is 13.0. The summed E-state index contributed by atoms with van der Waals surface area (Å²) in [5.74, 6) is -0.190. The second-order valence-electron chi connectivity index (χ2n) is 15.8. The van der Waals surface area contributed by atoms with Crippen molar-refractivity contribution in [3.63, 3.8) is 0 Å². The van der Waals surface area contributed by atoms with Crippen LogP contribution in [0.3, 0.4) is 0 Å². The van der Waals surface area contributed by atoms with Crippen molar-refractivity contribution in [3.05, 3.63) is 72.9 Å². The molecule has 6 N–H and O–H groups in total. The number of nitrogens with one attached hydrogen (secondary N) is 1. The van der Waals surface area contributed by atoms with E-state index in [4.69, 9.17) is 9.47 Å². The van der Waals surface area contributed by atoms with Gasteiger partial charge in [-0.2, -0.15) is 0 Å². The molecule has 9 heteroatoms. The van der Waals surface area contributed by atoms with Crippen molar-refractivity contribution >= 4 is 5.91 Å². The quantitative estimate of drug-likeness (QED) is 0.0268. The second-order valence-corrected chi connectivity index (χ2v) is 15.8. The van der Waals surface area contributed by atoms with Crippen LogP contribution in [0.5, 0.6) is 0 Å². The van der Waals surface area contributed by atoms with E-state index < -0.39 is 49.5 Å². The van der Waals surface area contributed by atoms with Gasteiger partial charge in [0.05, 0.1) is 25.4 Å². The average Bonchev–Trinajstić information content (AvgIpc) is 3.22. The Kier molecular flexibility index (Phi) is 35.9. The summed E-state index contributed by atoms with van der Waals surface area (Å²) < 4.78 is 11.2. The number of ether oxygens (including phenoxy) is 2. The molecule has 0 aromatic carbocycles. The molecule has 58 heavy (non-hydrogen) atoms. The van der Waals surface area contributed by atoms with E-state index in [9.17, 15) is 30.3 Å². The van der Waals surface area contributed by atoms with Crippen LogP contribution in [-0.4, -0.2) is 87.5 Å². The molecule has 1 heterocycles. The van der Waals surface area contributed by atoms with Gasteiger partial charge in [-0.05, 0) is 64.2 Å². The minimum absolute atomic E-state index is 0.160. The number of rotatable bonds is 37. The Morgan fingerprint density at radius 2 is 1.07 bits per heavy atom. The Morgan fingerprint density at radius 3 is 1.55 bits per heavy atom. The highest BCUT2D eigenvalue weighted by Gasteiger charge is 2.44. The fourth-order valence-electron chi connectivity index (χ4n) is 6.87. The average molecular weight is 816 g/mol. The number of carbonyl (C=O) groups excluding carboxylic acids is 1. The molecule has 7 unspecified atom stereocenters. The van der Waals surface area contributed by atoms with Crippen molar-refractivity contribution in [2.24, 2.45) is 0 Å². The minimum atomic E-state index is -1.56. The number of amides is 1. The SMILES string of the molecule is CC/C=C\C/C=C\C/C=C\C/C=C\C/C=C\C/C=C\CCCCC(=O)NC(COC1OC(CO)C(O)C(O)C1O)C(O)CCCCCCCCCCCCCCCC. The van der Waals surface area contributed by atoms with Crippen LogP contribution in [0.2, 0.25) is 0 Å². The van der Waals surface area contributed by atoms with E-state index in [-0.39, 0.29) is 12.5 Å². The number of aliphatic hydroxyl groups excluding tert-OH is 5. The summed E-state index contributed by atoms with van der Waals surface area (Å²) in [6.07, 6.45) is 44.7.